The second kappa shape index (κ2) is 4.73. The molecule has 1 heterocycles. The van der Waals surface area contributed by atoms with Gasteiger partial charge in [0.05, 0.1) is 19.1 Å². The quantitative estimate of drug-likeness (QED) is 0.891. The highest BCUT2D eigenvalue weighted by Crippen LogP contribution is 2.38. The smallest absolute Gasteiger partial charge is 0.311 e. The van der Waals surface area contributed by atoms with Crippen molar-refractivity contribution in [2.24, 2.45) is 5.41 Å². The van der Waals surface area contributed by atoms with E-state index in [1.54, 1.807) is 0 Å². The van der Waals surface area contributed by atoms with E-state index in [-0.39, 0.29) is 5.41 Å². The predicted octanol–water partition coefficient (Wildman–Crippen LogP) is 2.90. The average molecular weight is 248 g/mol. The van der Waals surface area contributed by atoms with Crippen molar-refractivity contribution in [1.82, 2.24) is 0 Å². The standard InChI is InChI=1S/C15H20O3/c1-10-4-5-12(11(2)6-10)13(14(16)17)7-15(3)8-18-9-15/h4-6,13H,7-9H2,1-3H3,(H,16,17). The third kappa shape index (κ3) is 2.56. The van der Waals surface area contributed by atoms with Crippen LogP contribution in [0.2, 0.25) is 0 Å². The number of carbonyl (C=O) groups is 1. The zero-order valence-corrected chi connectivity index (χ0v) is 11.2. The number of hydrogen-bond acceptors (Lipinski definition) is 2. The zero-order valence-electron chi connectivity index (χ0n) is 11.2. The maximum atomic E-state index is 11.5. The molecule has 0 aromatic heterocycles. The van der Waals surface area contributed by atoms with Crippen molar-refractivity contribution in [3.63, 3.8) is 0 Å². The van der Waals surface area contributed by atoms with Crippen LogP contribution >= 0.6 is 0 Å². The third-order valence-corrected chi connectivity index (χ3v) is 3.70. The fraction of sp³-hybridized carbons (Fsp3) is 0.533. The summed E-state index contributed by atoms with van der Waals surface area (Å²) >= 11 is 0. The van der Waals surface area contributed by atoms with Gasteiger partial charge in [-0.3, -0.25) is 4.79 Å². The van der Waals surface area contributed by atoms with Gasteiger partial charge in [-0.15, -0.1) is 0 Å². The SMILES string of the molecule is Cc1ccc(C(CC2(C)COC2)C(=O)O)c(C)c1. The molecule has 0 aliphatic carbocycles. The van der Waals surface area contributed by atoms with Gasteiger partial charge in [0.1, 0.15) is 0 Å². The van der Waals surface area contributed by atoms with Crippen molar-refractivity contribution in [3.05, 3.63) is 34.9 Å². The molecule has 1 fully saturated rings. The van der Waals surface area contributed by atoms with Crippen LogP contribution < -0.4 is 0 Å². The van der Waals surface area contributed by atoms with Gasteiger partial charge in [0.2, 0.25) is 0 Å². The molecule has 0 spiro atoms. The minimum Gasteiger partial charge on any atom is -0.481 e. The zero-order chi connectivity index (χ0) is 13.3. The van der Waals surface area contributed by atoms with Gasteiger partial charge in [-0.25, -0.2) is 0 Å². The van der Waals surface area contributed by atoms with Gasteiger partial charge in [-0.2, -0.15) is 0 Å². The number of benzene rings is 1. The van der Waals surface area contributed by atoms with Crippen molar-refractivity contribution in [2.45, 2.75) is 33.1 Å². The highest BCUT2D eigenvalue weighted by atomic mass is 16.5. The van der Waals surface area contributed by atoms with Crippen LogP contribution in [0.4, 0.5) is 0 Å². The van der Waals surface area contributed by atoms with Gasteiger partial charge in [0, 0.05) is 5.41 Å². The number of aliphatic carboxylic acids is 1. The first-order valence-corrected chi connectivity index (χ1v) is 6.29. The van der Waals surface area contributed by atoms with E-state index in [1.807, 2.05) is 32.0 Å². The Kier molecular flexibility index (Phi) is 3.44. The first kappa shape index (κ1) is 13.1. The molecule has 1 aromatic carbocycles. The molecule has 3 heteroatoms. The van der Waals surface area contributed by atoms with E-state index in [0.29, 0.717) is 19.6 Å². The minimum absolute atomic E-state index is 0.0143. The monoisotopic (exact) mass is 248 g/mol. The van der Waals surface area contributed by atoms with Gasteiger partial charge >= 0.3 is 5.97 Å². The van der Waals surface area contributed by atoms with Crippen LogP contribution in [0.1, 0.15) is 36.0 Å². The van der Waals surface area contributed by atoms with E-state index in [0.717, 1.165) is 11.1 Å². The molecule has 3 nitrogen and oxygen atoms in total. The van der Waals surface area contributed by atoms with Gasteiger partial charge in [-0.1, -0.05) is 30.7 Å². The number of carboxylic acid groups (broad SMARTS) is 1. The number of ether oxygens (including phenoxy) is 1. The Morgan fingerprint density at radius 1 is 1.44 bits per heavy atom. The molecule has 0 radical (unpaired) electrons. The summed E-state index contributed by atoms with van der Waals surface area (Å²) < 4.78 is 5.21. The largest absolute Gasteiger partial charge is 0.481 e. The summed E-state index contributed by atoms with van der Waals surface area (Å²) in [5, 5.41) is 9.46. The third-order valence-electron chi connectivity index (χ3n) is 3.70. The summed E-state index contributed by atoms with van der Waals surface area (Å²) in [6.07, 6.45) is 0.645. The minimum atomic E-state index is -0.741. The maximum absolute atomic E-state index is 11.5. The predicted molar refractivity (Wildman–Crippen MR) is 69.8 cm³/mol. The first-order valence-electron chi connectivity index (χ1n) is 6.29. The summed E-state index contributed by atoms with van der Waals surface area (Å²) in [6, 6.07) is 5.98. The molecule has 1 N–H and O–H groups in total. The molecule has 0 amide bonds. The lowest BCUT2D eigenvalue weighted by atomic mass is 9.76. The fourth-order valence-corrected chi connectivity index (χ4v) is 2.61. The molecule has 1 atom stereocenters. The molecule has 1 aliphatic heterocycles. The molecule has 1 aromatic rings. The van der Waals surface area contributed by atoms with Gasteiger partial charge in [0.15, 0.2) is 0 Å². The molecule has 1 unspecified atom stereocenters. The number of aryl methyl sites for hydroxylation is 2. The van der Waals surface area contributed by atoms with Crippen LogP contribution in [-0.2, 0) is 9.53 Å². The van der Waals surface area contributed by atoms with E-state index in [2.05, 4.69) is 6.92 Å². The van der Waals surface area contributed by atoms with E-state index in [4.69, 9.17) is 4.74 Å². The van der Waals surface area contributed by atoms with Crippen molar-refractivity contribution >= 4 is 5.97 Å². The van der Waals surface area contributed by atoms with Crippen molar-refractivity contribution < 1.29 is 14.6 Å². The Morgan fingerprint density at radius 3 is 2.56 bits per heavy atom. The molecule has 98 valence electrons. The van der Waals surface area contributed by atoms with Crippen molar-refractivity contribution in [1.29, 1.82) is 0 Å². The molecular formula is C15H20O3. The molecule has 1 aliphatic rings. The average Bonchev–Trinajstić information content (AvgIpc) is 2.24. The Bertz CT molecular complexity index is 461. The molecular weight excluding hydrogens is 228 g/mol. The lowest BCUT2D eigenvalue weighted by Crippen LogP contribution is -2.41. The van der Waals surface area contributed by atoms with E-state index in [1.165, 1.54) is 5.56 Å². The Balaban J connectivity index is 2.26. The number of rotatable bonds is 4. The molecule has 1 saturated heterocycles. The number of carboxylic acids is 1. The second-order valence-corrected chi connectivity index (χ2v) is 5.76. The molecule has 2 rings (SSSR count). The van der Waals surface area contributed by atoms with Crippen molar-refractivity contribution in [3.8, 4) is 0 Å². The Labute approximate surface area is 108 Å². The highest BCUT2D eigenvalue weighted by Gasteiger charge is 2.38. The summed E-state index contributed by atoms with van der Waals surface area (Å²) in [5.41, 5.74) is 3.17. The molecule has 18 heavy (non-hydrogen) atoms. The van der Waals surface area contributed by atoms with Crippen LogP contribution in [0.5, 0.6) is 0 Å². The van der Waals surface area contributed by atoms with Crippen LogP contribution in [0, 0.1) is 19.3 Å². The van der Waals surface area contributed by atoms with Crippen LogP contribution in [0.25, 0.3) is 0 Å². The Morgan fingerprint density at radius 2 is 2.11 bits per heavy atom. The molecule has 0 saturated carbocycles. The highest BCUT2D eigenvalue weighted by molar-refractivity contribution is 5.76. The van der Waals surface area contributed by atoms with Gasteiger partial charge < -0.3 is 9.84 Å². The number of hydrogen-bond donors (Lipinski definition) is 1. The van der Waals surface area contributed by atoms with Crippen LogP contribution in [0.15, 0.2) is 18.2 Å². The first-order chi connectivity index (χ1) is 8.41. The van der Waals surface area contributed by atoms with Crippen molar-refractivity contribution in [2.75, 3.05) is 13.2 Å². The van der Waals surface area contributed by atoms with Crippen LogP contribution in [-0.4, -0.2) is 24.3 Å². The maximum Gasteiger partial charge on any atom is 0.311 e. The van der Waals surface area contributed by atoms with Gasteiger partial charge in [-0.05, 0) is 31.4 Å². The summed E-state index contributed by atoms with van der Waals surface area (Å²) in [5.74, 6) is -1.17. The van der Waals surface area contributed by atoms with Gasteiger partial charge in [0.25, 0.3) is 0 Å². The molecule has 0 bridgehead atoms. The topological polar surface area (TPSA) is 46.5 Å². The summed E-state index contributed by atoms with van der Waals surface area (Å²) in [4.78, 5) is 11.5. The lowest BCUT2D eigenvalue weighted by Gasteiger charge is -2.40. The Hall–Kier alpha value is -1.35. The van der Waals surface area contributed by atoms with E-state index in [9.17, 15) is 9.90 Å². The van der Waals surface area contributed by atoms with Crippen LogP contribution in [0.3, 0.4) is 0 Å². The fourth-order valence-electron chi connectivity index (χ4n) is 2.61. The summed E-state index contributed by atoms with van der Waals surface area (Å²) in [6.45, 7) is 7.44. The van der Waals surface area contributed by atoms with E-state index < -0.39 is 11.9 Å². The lowest BCUT2D eigenvalue weighted by molar-refractivity contribution is -0.145. The second-order valence-electron chi connectivity index (χ2n) is 5.76. The summed E-state index contributed by atoms with van der Waals surface area (Å²) in [7, 11) is 0. The van der Waals surface area contributed by atoms with E-state index >= 15 is 0 Å². The normalized spacial score (nSPS) is 19.1.